The zero-order valence-electron chi connectivity index (χ0n) is 11.4. The lowest BCUT2D eigenvalue weighted by Crippen LogP contribution is -2.43. The highest BCUT2D eigenvalue weighted by atomic mass is 16.2. The van der Waals surface area contributed by atoms with Crippen molar-refractivity contribution in [2.24, 2.45) is 7.05 Å². The molecule has 2 N–H and O–H groups in total. The normalized spacial score (nSPS) is 20.1. The maximum Gasteiger partial charge on any atom is 0.241 e. The molecule has 0 bridgehead atoms. The summed E-state index contributed by atoms with van der Waals surface area (Å²) >= 11 is 0. The zero-order chi connectivity index (χ0) is 13.1. The van der Waals surface area contributed by atoms with Gasteiger partial charge in [0.1, 0.15) is 0 Å². The van der Waals surface area contributed by atoms with Gasteiger partial charge in [0.15, 0.2) is 0 Å². The van der Waals surface area contributed by atoms with E-state index in [2.05, 4.69) is 29.6 Å². The number of aromatic nitrogens is 2. The van der Waals surface area contributed by atoms with Crippen molar-refractivity contribution < 1.29 is 4.79 Å². The van der Waals surface area contributed by atoms with Crippen LogP contribution < -0.4 is 10.6 Å². The largest absolute Gasteiger partial charge is 0.322 e. The molecule has 5 heteroatoms. The average Bonchev–Trinajstić information content (AvgIpc) is 2.71. The number of carbonyl (C=O) groups excluding carboxylic acids is 1. The van der Waals surface area contributed by atoms with Crippen molar-refractivity contribution in [2.75, 3.05) is 11.9 Å². The van der Waals surface area contributed by atoms with Gasteiger partial charge in [-0.1, -0.05) is 20.3 Å². The number of aryl methyl sites for hydroxylation is 1. The summed E-state index contributed by atoms with van der Waals surface area (Å²) in [5.74, 6) is 0.366. The van der Waals surface area contributed by atoms with Gasteiger partial charge in [0.05, 0.1) is 17.4 Å². The lowest BCUT2D eigenvalue weighted by molar-refractivity contribution is -0.118. The van der Waals surface area contributed by atoms with Crippen molar-refractivity contribution >= 4 is 11.6 Å². The lowest BCUT2D eigenvalue weighted by Gasteiger charge is -2.22. The van der Waals surface area contributed by atoms with Crippen molar-refractivity contribution in [1.29, 1.82) is 0 Å². The number of nitrogens with one attached hydrogen (secondary N) is 2. The van der Waals surface area contributed by atoms with Crippen LogP contribution >= 0.6 is 0 Å². The minimum atomic E-state index is -0.0565. The van der Waals surface area contributed by atoms with E-state index in [-0.39, 0.29) is 11.9 Å². The number of carbonyl (C=O) groups is 1. The number of hydrogen-bond donors (Lipinski definition) is 2. The summed E-state index contributed by atoms with van der Waals surface area (Å²) < 4.78 is 1.75. The molecule has 1 aliphatic heterocycles. The molecule has 1 aliphatic rings. The molecule has 0 radical (unpaired) electrons. The molecular weight excluding hydrogens is 228 g/mol. The number of anilines is 1. The first-order valence-electron chi connectivity index (χ1n) is 6.65. The van der Waals surface area contributed by atoms with Crippen molar-refractivity contribution in [3.8, 4) is 0 Å². The Morgan fingerprint density at radius 3 is 2.94 bits per heavy atom. The maximum atomic E-state index is 12.1. The third-order valence-electron chi connectivity index (χ3n) is 3.29. The van der Waals surface area contributed by atoms with Crippen LogP contribution in [0, 0.1) is 0 Å². The second-order valence-electron chi connectivity index (χ2n) is 5.25. The van der Waals surface area contributed by atoms with Crippen LogP contribution in [0.25, 0.3) is 0 Å². The highest BCUT2D eigenvalue weighted by Crippen LogP contribution is 2.22. The smallest absolute Gasteiger partial charge is 0.241 e. The van der Waals surface area contributed by atoms with Crippen molar-refractivity contribution in [3.63, 3.8) is 0 Å². The predicted octanol–water partition coefficient (Wildman–Crippen LogP) is 1.62. The Morgan fingerprint density at radius 1 is 1.56 bits per heavy atom. The Kier molecular flexibility index (Phi) is 4.01. The van der Waals surface area contributed by atoms with E-state index >= 15 is 0 Å². The van der Waals surface area contributed by atoms with E-state index in [9.17, 15) is 4.79 Å². The highest BCUT2D eigenvalue weighted by Gasteiger charge is 2.22. The van der Waals surface area contributed by atoms with Crippen molar-refractivity contribution in [3.05, 3.63) is 11.9 Å². The SMILES string of the molecule is CC(C)c1nn(C)cc1NC(=O)C1CCCCN1. The molecular formula is C13H22N4O. The van der Waals surface area contributed by atoms with Crippen molar-refractivity contribution in [1.82, 2.24) is 15.1 Å². The second kappa shape index (κ2) is 5.52. The molecule has 5 nitrogen and oxygen atoms in total. The molecule has 2 rings (SSSR count). The Bertz CT molecular complexity index is 419. The van der Waals surface area contributed by atoms with Crippen molar-refractivity contribution in [2.45, 2.75) is 45.1 Å². The summed E-state index contributed by atoms with van der Waals surface area (Å²) in [6.45, 7) is 5.09. The second-order valence-corrected chi connectivity index (χ2v) is 5.25. The maximum absolute atomic E-state index is 12.1. The van der Waals surface area contributed by atoms with Crippen LogP contribution in [-0.2, 0) is 11.8 Å². The minimum Gasteiger partial charge on any atom is -0.322 e. The van der Waals surface area contributed by atoms with Gasteiger partial charge < -0.3 is 10.6 Å². The van der Waals surface area contributed by atoms with Crippen LogP contribution in [0.3, 0.4) is 0 Å². The van der Waals surface area contributed by atoms with E-state index in [0.29, 0.717) is 5.92 Å². The summed E-state index contributed by atoms with van der Waals surface area (Å²) in [7, 11) is 1.88. The van der Waals surface area contributed by atoms with Gasteiger partial charge in [-0.3, -0.25) is 9.48 Å². The molecule has 2 heterocycles. The molecule has 0 aromatic carbocycles. The van der Waals surface area contributed by atoms with Gasteiger partial charge in [0, 0.05) is 13.2 Å². The molecule has 0 aliphatic carbocycles. The zero-order valence-corrected chi connectivity index (χ0v) is 11.4. The molecule has 1 unspecified atom stereocenters. The van der Waals surface area contributed by atoms with E-state index < -0.39 is 0 Å². The summed E-state index contributed by atoms with van der Waals surface area (Å²) in [4.78, 5) is 12.1. The van der Waals surface area contributed by atoms with Gasteiger partial charge in [-0.2, -0.15) is 5.10 Å². The third-order valence-corrected chi connectivity index (χ3v) is 3.29. The Hall–Kier alpha value is -1.36. The number of piperidine rings is 1. The number of rotatable bonds is 3. The van der Waals surface area contributed by atoms with E-state index in [4.69, 9.17) is 0 Å². The van der Waals surface area contributed by atoms with E-state index in [1.807, 2.05) is 13.2 Å². The van der Waals surface area contributed by atoms with Gasteiger partial charge in [0.25, 0.3) is 0 Å². The molecule has 18 heavy (non-hydrogen) atoms. The minimum absolute atomic E-state index is 0.0565. The molecule has 0 spiro atoms. The third kappa shape index (κ3) is 2.90. The Labute approximate surface area is 108 Å². The monoisotopic (exact) mass is 250 g/mol. The van der Waals surface area contributed by atoms with Gasteiger partial charge in [-0.05, 0) is 25.3 Å². The standard InChI is InChI=1S/C13H22N4O/c1-9(2)12-11(8-17(3)16-12)15-13(18)10-6-4-5-7-14-10/h8-10,14H,4-7H2,1-3H3,(H,15,18). The molecule has 1 amide bonds. The van der Waals surface area contributed by atoms with Crippen LogP contribution in [0.5, 0.6) is 0 Å². The Balaban J connectivity index is 2.06. The van der Waals surface area contributed by atoms with Crippen LogP contribution in [-0.4, -0.2) is 28.3 Å². The summed E-state index contributed by atoms with van der Waals surface area (Å²) in [6, 6.07) is -0.0565. The first-order valence-corrected chi connectivity index (χ1v) is 6.65. The van der Waals surface area contributed by atoms with E-state index in [0.717, 1.165) is 37.2 Å². The quantitative estimate of drug-likeness (QED) is 0.857. The number of nitrogens with zero attached hydrogens (tertiary/aromatic N) is 2. The average molecular weight is 250 g/mol. The number of amides is 1. The Morgan fingerprint density at radius 2 is 2.33 bits per heavy atom. The van der Waals surface area contributed by atoms with Gasteiger partial charge >= 0.3 is 0 Å². The van der Waals surface area contributed by atoms with Crippen LogP contribution in [0.1, 0.15) is 44.7 Å². The fraction of sp³-hybridized carbons (Fsp3) is 0.692. The van der Waals surface area contributed by atoms with Crippen LogP contribution in [0.15, 0.2) is 6.20 Å². The number of hydrogen-bond acceptors (Lipinski definition) is 3. The van der Waals surface area contributed by atoms with Crippen LogP contribution in [0.4, 0.5) is 5.69 Å². The lowest BCUT2D eigenvalue weighted by atomic mass is 10.0. The molecule has 1 saturated heterocycles. The fourth-order valence-corrected chi connectivity index (χ4v) is 2.32. The first-order chi connectivity index (χ1) is 8.58. The van der Waals surface area contributed by atoms with Gasteiger partial charge in [-0.15, -0.1) is 0 Å². The molecule has 1 aromatic heterocycles. The molecule has 1 aromatic rings. The summed E-state index contributed by atoms with van der Waals surface area (Å²) in [5.41, 5.74) is 1.78. The van der Waals surface area contributed by atoms with E-state index in [1.54, 1.807) is 4.68 Å². The molecule has 1 atom stereocenters. The molecule has 100 valence electrons. The van der Waals surface area contributed by atoms with Crippen LogP contribution in [0.2, 0.25) is 0 Å². The topological polar surface area (TPSA) is 59.0 Å². The van der Waals surface area contributed by atoms with Gasteiger partial charge in [0.2, 0.25) is 5.91 Å². The molecule has 0 saturated carbocycles. The molecule has 1 fully saturated rings. The first kappa shape index (κ1) is 13.1. The summed E-state index contributed by atoms with van der Waals surface area (Å²) in [6.07, 6.45) is 5.07. The fourth-order valence-electron chi connectivity index (χ4n) is 2.32. The van der Waals surface area contributed by atoms with E-state index in [1.165, 1.54) is 0 Å². The predicted molar refractivity (Wildman–Crippen MR) is 71.6 cm³/mol. The van der Waals surface area contributed by atoms with Gasteiger partial charge in [-0.25, -0.2) is 0 Å². The highest BCUT2D eigenvalue weighted by molar-refractivity contribution is 5.95. The summed E-state index contributed by atoms with van der Waals surface area (Å²) in [5, 5.41) is 10.6.